The van der Waals surface area contributed by atoms with Gasteiger partial charge in [0.05, 0.1) is 23.8 Å². The summed E-state index contributed by atoms with van der Waals surface area (Å²) in [7, 11) is 1.84. The quantitative estimate of drug-likeness (QED) is 0.751. The number of hydrogen-bond donors (Lipinski definition) is 1. The van der Waals surface area contributed by atoms with Gasteiger partial charge in [0.25, 0.3) is 0 Å². The van der Waals surface area contributed by atoms with E-state index >= 15 is 0 Å². The van der Waals surface area contributed by atoms with E-state index in [2.05, 4.69) is 15.3 Å². The maximum absolute atomic E-state index is 13.7. The van der Waals surface area contributed by atoms with Gasteiger partial charge in [-0.15, -0.1) is 0 Å². The molecule has 1 N–H and O–H groups in total. The zero-order chi connectivity index (χ0) is 12.5. The second-order valence-corrected chi connectivity index (χ2v) is 3.89. The molecule has 3 heterocycles. The summed E-state index contributed by atoms with van der Waals surface area (Å²) in [6.45, 7) is 0. The van der Waals surface area contributed by atoms with Crippen molar-refractivity contribution in [1.82, 2.24) is 14.4 Å². The number of rotatable bonds is 2. The SMILES string of the molecule is CNc1ccc2ncc(-c3ccncc3F)n2c1. The van der Waals surface area contributed by atoms with Crippen molar-refractivity contribution in [3.63, 3.8) is 0 Å². The molecule has 4 nitrogen and oxygen atoms in total. The van der Waals surface area contributed by atoms with Crippen molar-refractivity contribution in [3.05, 3.63) is 48.8 Å². The zero-order valence-corrected chi connectivity index (χ0v) is 9.76. The molecule has 0 fully saturated rings. The van der Waals surface area contributed by atoms with Crippen LogP contribution in [0, 0.1) is 5.82 Å². The molecule has 18 heavy (non-hydrogen) atoms. The fourth-order valence-electron chi connectivity index (χ4n) is 1.91. The van der Waals surface area contributed by atoms with Crippen molar-refractivity contribution in [1.29, 1.82) is 0 Å². The Balaban J connectivity index is 2.26. The van der Waals surface area contributed by atoms with Gasteiger partial charge in [0.1, 0.15) is 5.65 Å². The standard InChI is InChI=1S/C13H11FN4/c1-15-9-2-3-13-17-7-12(18(13)8-9)10-4-5-16-6-11(10)14/h2-8,15H,1H3. The number of nitrogens with zero attached hydrogens (tertiary/aromatic N) is 3. The van der Waals surface area contributed by atoms with Crippen molar-refractivity contribution in [3.8, 4) is 11.3 Å². The first-order chi connectivity index (χ1) is 8.79. The Morgan fingerprint density at radius 2 is 2.11 bits per heavy atom. The van der Waals surface area contributed by atoms with Gasteiger partial charge in [-0.25, -0.2) is 9.37 Å². The van der Waals surface area contributed by atoms with Crippen LogP contribution in [0.4, 0.5) is 10.1 Å². The van der Waals surface area contributed by atoms with E-state index in [4.69, 9.17) is 0 Å². The fourth-order valence-corrected chi connectivity index (χ4v) is 1.91. The molecular formula is C13H11FN4. The Labute approximate surface area is 103 Å². The van der Waals surface area contributed by atoms with Crippen molar-refractivity contribution in [2.45, 2.75) is 0 Å². The van der Waals surface area contributed by atoms with E-state index in [1.165, 1.54) is 6.20 Å². The summed E-state index contributed by atoms with van der Waals surface area (Å²) in [6.07, 6.45) is 6.32. The first-order valence-electron chi connectivity index (χ1n) is 5.54. The molecule has 0 aromatic carbocycles. The van der Waals surface area contributed by atoms with Gasteiger partial charge in [-0.2, -0.15) is 0 Å². The molecule has 0 aliphatic rings. The Kier molecular flexibility index (Phi) is 2.44. The Hall–Kier alpha value is -2.43. The third-order valence-electron chi connectivity index (χ3n) is 2.84. The van der Waals surface area contributed by atoms with E-state index in [9.17, 15) is 4.39 Å². The van der Waals surface area contributed by atoms with E-state index in [-0.39, 0.29) is 5.82 Å². The van der Waals surface area contributed by atoms with Gasteiger partial charge in [-0.05, 0) is 18.2 Å². The summed E-state index contributed by atoms with van der Waals surface area (Å²) >= 11 is 0. The van der Waals surface area contributed by atoms with Crippen LogP contribution in [-0.2, 0) is 0 Å². The molecule has 0 spiro atoms. The number of imidazole rings is 1. The molecule has 3 rings (SSSR count). The molecule has 0 bridgehead atoms. The highest BCUT2D eigenvalue weighted by Crippen LogP contribution is 2.24. The van der Waals surface area contributed by atoms with Crippen LogP contribution in [0.1, 0.15) is 0 Å². The Bertz CT molecular complexity index is 705. The molecule has 3 aromatic rings. The average molecular weight is 242 g/mol. The number of aromatic nitrogens is 3. The van der Waals surface area contributed by atoms with Gasteiger partial charge < -0.3 is 5.32 Å². The summed E-state index contributed by atoms with van der Waals surface area (Å²) in [4.78, 5) is 8.01. The molecule has 0 amide bonds. The second kappa shape index (κ2) is 4.10. The number of hydrogen-bond acceptors (Lipinski definition) is 3. The molecule has 0 atom stereocenters. The second-order valence-electron chi connectivity index (χ2n) is 3.89. The highest BCUT2D eigenvalue weighted by atomic mass is 19.1. The molecule has 0 radical (unpaired) electrons. The van der Waals surface area contributed by atoms with Crippen molar-refractivity contribution >= 4 is 11.3 Å². The van der Waals surface area contributed by atoms with Crippen molar-refractivity contribution in [2.24, 2.45) is 0 Å². The predicted molar refractivity (Wildman–Crippen MR) is 67.9 cm³/mol. The van der Waals surface area contributed by atoms with Crippen LogP contribution in [0.15, 0.2) is 43.0 Å². The van der Waals surface area contributed by atoms with Gasteiger partial charge in [0.2, 0.25) is 0 Å². The summed E-state index contributed by atoms with van der Waals surface area (Å²) in [6, 6.07) is 5.45. The van der Waals surface area contributed by atoms with Crippen LogP contribution in [0.3, 0.4) is 0 Å². The molecule has 0 unspecified atom stereocenters. The number of halogens is 1. The van der Waals surface area contributed by atoms with Crippen LogP contribution in [0.5, 0.6) is 0 Å². The number of fused-ring (bicyclic) bond motifs is 1. The third kappa shape index (κ3) is 1.60. The Morgan fingerprint density at radius 3 is 2.89 bits per heavy atom. The van der Waals surface area contributed by atoms with Crippen LogP contribution < -0.4 is 5.32 Å². The number of nitrogens with one attached hydrogen (secondary N) is 1. The molecule has 90 valence electrons. The van der Waals surface area contributed by atoms with Crippen LogP contribution in [0.2, 0.25) is 0 Å². The molecule has 0 aliphatic carbocycles. The number of pyridine rings is 2. The summed E-state index contributed by atoms with van der Waals surface area (Å²) in [5.41, 5.74) is 2.92. The first kappa shape index (κ1) is 10.7. The first-order valence-corrected chi connectivity index (χ1v) is 5.54. The van der Waals surface area contributed by atoms with Crippen molar-refractivity contribution < 1.29 is 4.39 Å². The van der Waals surface area contributed by atoms with Gasteiger partial charge in [-0.3, -0.25) is 9.38 Å². The van der Waals surface area contributed by atoms with Gasteiger partial charge in [0, 0.05) is 25.0 Å². The maximum atomic E-state index is 13.7. The normalized spacial score (nSPS) is 10.8. The van der Waals surface area contributed by atoms with Crippen LogP contribution in [0.25, 0.3) is 16.9 Å². The Morgan fingerprint density at radius 1 is 1.22 bits per heavy atom. The van der Waals surface area contributed by atoms with Crippen LogP contribution in [-0.4, -0.2) is 21.4 Å². The van der Waals surface area contributed by atoms with E-state index in [1.807, 2.05) is 29.8 Å². The minimum absolute atomic E-state index is 0.353. The molecule has 0 aliphatic heterocycles. The molecule has 0 saturated heterocycles. The minimum Gasteiger partial charge on any atom is -0.387 e. The highest BCUT2D eigenvalue weighted by molar-refractivity contribution is 5.65. The van der Waals surface area contributed by atoms with Crippen LogP contribution >= 0.6 is 0 Å². The minimum atomic E-state index is -0.353. The third-order valence-corrected chi connectivity index (χ3v) is 2.84. The van der Waals surface area contributed by atoms with Crippen molar-refractivity contribution in [2.75, 3.05) is 12.4 Å². The predicted octanol–water partition coefficient (Wildman–Crippen LogP) is 2.58. The summed E-state index contributed by atoms with van der Waals surface area (Å²) in [5, 5.41) is 3.05. The van der Waals surface area contributed by atoms with Gasteiger partial charge in [-0.1, -0.05) is 0 Å². The lowest BCUT2D eigenvalue weighted by atomic mass is 10.2. The van der Waals surface area contributed by atoms with Gasteiger partial charge in [0.15, 0.2) is 5.82 Å². The maximum Gasteiger partial charge on any atom is 0.150 e. The fraction of sp³-hybridized carbons (Fsp3) is 0.0769. The molecule has 0 saturated carbocycles. The summed E-state index contributed by atoms with van der Waals surface area (Å²) in [5.74, 6) is -0.353. The zero-order valence-electron chi connectivity index (χ0n) is 9.76. The van der Waals surface area contributed by atoms with Gasteiger partial charge >= 0.3 is 0 Å². The summed E-state index contributed by atoms with van der Waals surface area (Å²) < 4.78 is 15.6. The lowest BCUT2D eigenvalue weighted by molar-refractivity contribution is 0.624. The monoisotopic (exact) mass is 242 g/mol. The number of anilines is 1. The largest absolute Gasteiger partial charge is 0.387 e. The molecule has 5 heteroatoms. The topological polar surface area (TPSA) is 42.2 Å². The van der Waals surface area contributed by atoms with E-state index in [1.54, 1.807) is 18.5 Å². The molecule has 3 aromatic heterocycles. The molecular weight excluding hydrogens is 231 g/mol. The van der Waals surface area contributed by atoms with E-state index in [0.29, 0.717) is 11.3 Å². The lowest BCUT2D eigenvalue weighted by Crippen LogP contribution is -1.94. The van der Waals surface area contributed by atoms with E-state index in [0.717, 1.165) is 11.3 Å². The lowest BCUT2D eigenvalue weighted by Gasteiger charge is -2.05. The smallest absolute Gasteiger partial charge is 0.150 e. The average Bonchev–Trinajstić information content (AvgIpc) is 2.82. The van der Waals surface area contributed by atoms with E-state index < -0.39 is 0 Å². The highest BCUT2D eigenvalue weighted by Gasteiger charge is 2.10.